The third-order valence-electron chi connectivity index (χ3n) is 1.37. The third kappa shape index (κ3) is 1.92. The number of anilines is 1. The van der Waals surface area contributed by atoms with Gasteiger partial charge in [0, 0.05) is 11.0 Å². The van der Waals surface area contributed by atoms with Gasteiger partial charge in [0.15, 0.2) is 11.4 Å². The molecule has 0 unspecified atom stereocenters. The summed E-state index contributed by atoms with van der Waals surface area (Å²) >= 11 is 1.34. The average Bonchev–Trinajstić information content (AvgIpc) is 2.47. The zero-order valence-electron chi connectivity index (χ0n) is 6.78. The van der Waals surface area contributed by atoms with E-state index in [0.717, 1.165) is 12.7 Å². The van der Waals surface area contributed by atoms with Gasteiger partial charge in [-0.15, -0.1) is 11.3 Å². The molecule has 0 spiro atoms. The van der Waals surface area contributed by atoms with Crippen LogP contribution in [0.5, 0.6) is 0 Å². The van der Waals surface area contributed by atoms with Crippen molar-refractivity contribution in [2.45, 2.75) is 13.3 Å². The molecule has 0 bridgehead atoms. The predicted molar refractivity (Wildman–Crippen MR) is 50.9 cm³/mol. The summed E-state index contributed by atoms with van der Waals surface area (Å²) in [5, 5.41) is 2.28. The molecule has 0 aliphatic carbocycles. The van der Waals surface area contributed by atoms with Crippen LogP contribution in [-0.2, 0) is 4.79 Å². The normalized spacial score (nSPS) is 11.6. The predicted octanol–water partition coefficient (Wildman–Crippen LogP) is 1.72. The second-order valence-electron chi connectivity index (χ2n) is 2.26. The first-order chi connectivity index (χ1) is 5.77. The molecule has 1 aromatic rings. The minimum Gasteiger partial charge on any atom is -0.375 e. The SMILES string of the molecule is CC/C=C(/C=O)c1csc(N)n1. The van der Waals surface area contributed by atoms with E-state index in [1.807, 2.05) is 13.0 Å². The standard InChI is InChI=1S/C8H10N2OS/c1-2-3-6(4-11)7-5-12-8(9)10-7/h3-5H,2H2,1H3,(H2,9,10)/b6-3-. The van der Waals surface area contributed by atoms with Gasteiger partial charge in [-0.25, -0.2) is 4.98 Å². The average molecular weight is 182 g/mol. The van der Waals surface area contributed by atoms with Crippen molar-refractivity contribution in [1.29, 1.82) is 0 Å². The molecular formula is C8H10N2OS. The van der Waals surface area contributed by atoms with Gasteiger partial charge in [-0.05, 0) is 6.42 Å². The van der Waals surface area contributed by atoms with Crippen molar-refractivity contribution in [3.8, 4) is 0 Å². The number of aromatic nitrogens is 1. The highest BCUT2D eigenvalue weighted by molar-refractivity contribution is 7.13. The van der Waals surface area contributed by atoms with Crippen LogP contribution in [-0.4, -0.2) is 11.3 Å². The zero-order chi connectivity index (χ0) is 8.97. The van der Waals surface area contributed by atoms with Gasteiger partial charge in [0.2, 0.25) is 0 Å². The minimum atomic E-state index is 0.494. The smallest absolute Gasteiger partial charge is 0.180 e. The number of nitrogens with zero attached hydrogens (tertiary/aromatic N) is 1. The highest BCUT2D eigenvalue weighted by Gasteiger charge is 2.02. The first kappa shape index (κ1) is 8.93. The quantitative estimate of drug-likeness (QED) is 0.572. The molecule has 0 aliphatic rings. The first-order valence-corrected chi connectivity index (χ1v) is 4.52. The molecule has 1 rings (SSSR count). The van der Waals surface area contributed by atoms with Crippen molar-refractivity contribution in [2.75, 3.05) is 5.73 Å². The third-order valence-corrected chi connectivity index (χ3v) is 2.04. The fourth-order valence-electron chi connectivity index (χ4n) is 0.853. The van der Waals surface area contributed by atoms with E-state index in [4.69, 9.17) is 5.73 Å². The Labute approximate surface area is 74.9 Å². The Balaban J connectivity index is 2.94. The molecule has 0 fully saturated rings. The number of nitrogen functional groups attached to an aromatic ring is 1. The maximum atomic E-state index is 10.6. The summed E-state index contributed by atoms with van der Waals surface area (Å²) in [4.78, 5) is 14.6. The molecule has 2 N–H and O–H groups in total. The van der Waals surface area contributed by atoms with Gasteiger partial charge in [0.05, 0.1) is 5.69 Å². The first-order valence-electron chi connectivity index (χ1n) is 3.64. The Kier molecular flexibility index (Phi) is 2.99. The second-order valence-corrected chi connectivity index (χ2v) is 3.15. The van der Waals surface area contributed by atoms with Crippen molar-refractivity contribution < 1.29 is 4.79 Å². The maximum Gasteiger partial charge on any atom is 0.180 e. The summed E-state index contributed by atoms with van der Waals surface area (Å²) in [6.07, 6.45) is 3.46. The van der Waals surface area contributed by atoms with Crippen molar-refractivity contribution >= 4 is 28.3 Å². The van der Waals surface area contributed by atoms with E-state index in [1.165, 1.54) is 11.3 Å². The van der Waals surface area contributed by atoms with Crippen LogP contribution in [0.4, 0.5) is 5.13 Å². The molecule has 3 nitrogen and oxygen atoms in total. The summed E-state index contributed by atoms with van der Waals surface area (Å²) in [5.41, 5.74) is 6.72. The van der Waals surface area contributed by atoms with E-state index in [-0.39, 0.29) is 0 Å². The van der Waals surface area contributed by atoms with Gasteiger partial charge in [0.25, 0.3) is 0 Å². The van der Waals surface area contributed by atoms with Crippen LogP contribution >= 0.6 is 11.3 Å². The van der Waals surface area contributed by atoms with E-state index in [1.54, 1.807) is 5.38 Å². The summed E-state index contributed by atoms with van der Waals surface area (Å²) in [6.45, 7) is 1.97. The largest absolute Gasteiger partial charge is 0.375 e. The molecule has 1 aromatic heterocycles. The lowest BCUT2D eigenvalue weighted by Crippen LogP contribution is -1.88. The Morgan fingerprint density at radius 1 is 1.83 bits per heavy atom. The number of hydrogen-bond acceptors (Lipinski definition) is 4. The van der Waals surface area contributed by atoms with Gasteiger partial charge in [-0.2, -0.15) is 0 Å². The Morgan fingerprint density at radius 3 is 3.00 bits per heavy atom. The molecule has 0 saturated heterocycles. The fourth-order valence-corrected chi connectivity index (χ4v) is 1.43. The maximum absolute atomic E-state index is 10.6. The topological polar surface area (TPSA) is 56.0 Å². The van der Waals surface area contributed by atoms with Crippen molar-refractivity contribution in [2.24, 2.45) is 0 Å². The molecule has 0 radical (unpaired) electrons. The van der Waals surface area contributed by atoms with Crippen LogP contribution in [0.2, 0.25) is 0 Å². The van der Waals surface area contributed by atoms with E-state index in [9.17, 15) is 4.79 Å². The molecular weight excluding hydrogens is 172 g/mol. The molecule has 4 heteroatoms. The van der Waals surface area contributed by atoms with Gasteiger partial charge >= 0.3 is 0 Å². The van der Waals surface area contributed by atoms with Crippen LogP contribution in [0, 0.1) is 0 Å². The number of carbonyl (C=O) groups is 1. The molecule has 0 atom stereocenters. The van der Waals surface area contributed by atoms with Crippen molar-refractivity contribution in [3.63, 3.8) is 0 Å². The van der Waals surface area contributed by atoms with Crippen molar-refractivity contribution in [1.82, 2.24) is 4.98 Å². The van der Waals surface area contributed by atoms with Crippen LogP contribution < -0.4 is 5.73 Å². The lowest BCUT2D eigenvalue weighted by Gasteiger charge is -1.91. The van der Waals surface area contributed by atoms with Crippen LogP contribution in [0.1, 0.15) is 19.0 Å². The Morgan fingerprint density at radius 2 is 2.58 bits per heavy atom. The van der Waals surface area contributed by atoms with Crippen LogP contribution in [0.25, 0.3) is 5.57 Å². The number of aldehydes is 1. The van der Waals surface area contributed by atoms with Crippen molar-refractivity contribution in [3.05, 3.63) is 17.2 Å². The van der Waals surface area contributed by atoms with Crippen LogP contribution in [0.15, 0.2) is 11.5 Å². The summed E-state index contributed by atoms with van der Waals surface area (Å²) in [6, 6.07) is 0. The number of hydrogen-bond donors (Lipinski definition) is 1. The number of rotatable bonds is 3. The summed E-state index contributed by atoms with van der Waals surface area (Å²) < 4.78 is 0. The number of carbonyl (C=O) groups excluding carboxylic acids is 1. The highest BCUT2D eigenvalue weighted by Crippen LogP contribution is 2.17. The zero-order valence-corrected chi connectivity index (χ0v) is 7.60. The fraction of sp³-hybridized carbons (Fsp3) is 0.250. The summed E-state index contributed by atoms with van der Waals surface area (Å²) in [7, 11) is 0. The molecule has 0 aromatic carbocycles. The molecule has 64 valence electrons. The monoisotopic (exact) mass is 182 g/mol. The molecule has 0 aliphatic heterocycles. The van der Waals surface area contributed by atoms with Gasteiger partial charge in [0.1, 0.15) is 0 Å². The minimum absolute atomic E-state index is 0.494. The Bertz CT molecular complexity index is 304. The lowest BCUT2D eigenvalue weighted by molar-refractivity contribution is -0.103. The summed E-state index contributed by atoms with van der Waals surface area (Å²) in [5.74, 6) is 0. The number of nitrogens with two attached hydrogens (primary N) is 1. The van der Waals surface area contributed by atoms with Crippen LogP contribution in [0.3, 0.4) is 0 Å². The van der Waals surface area contributed by atoms with Gasteiger partial charge in [-0.1, -0.05) is 13.0 Å². The molecule has 1 heterocycles. The second kappa shape index (κ2) is 4.01. The van der Waals surface area contributed by atoms with Gasteiger partial charge in [-0.3, -0.25) is 4.79 Å². The molecule has 12 heavy (non-hydrogen) atoms. The van der Waals surface area contributed by atoms with E-state index >= 15 is 0 Å². The van der Waals surface area contributed by atoms with E-state index in [0.29, 0.717) is 16.4 Å². The lowest BCUT2D eigenvalue weighted by atomic mass is 10.2. The number of thiazole rings is 1. The molecule has 0 saturated carbocycles. The van der Waals surface area contributed by atoms with E-state index < -0.39 is 0 Å². The highest BCUT2D eigenvalue weighted by atomic mass is 32.1. The van der Waals surface area contributed by atoms with E-state index in [2.05, 4.69) is 4.98 Å². The molecule has 0 amide bonds. The van der Waals surface area contributed by atoms with Gasteiger partial charge < -0.3 is 5.73 Å². The number of allylic oxidation sites excluding steroid dienone is 2. The Hall–Kier alpha value is -1.16.